The lowest BCUT2D eigenvalue weighted by atomic mass is 9.98. The van der Waals surface area contributed by atoms with Gasteiger partial charge in [0.05, 0.1) is 0 Å². The molecule has 0 aliphatic heterocycles. The van der Waals surface area contributed by atoms with Crippen LogP contribution in [-0.2, 0) is 0 Å². The molecule has 0 aliphatic rings. The van der Waals surface area contributed by atoms with Crippen LogP contribution in [0.3, 0.4) is 0 Å². The first kappa shape index (κ1) is 16.0. The van der Waals surface area contributed by atoms with Crippen LogP contribution in [-0.4, -0.2) is 0 Å². The van der Waals surface area contributed by atoms with Gasteiger partial charge in [-0.1, -0.05) is 82.4 Å². The molecule has 0 saturated heterocycles. The van der Waals surface area contributed by atoms with Crippen molar-refractivity contribution >= 4 is 5.57 Å². The van der Waals surface area contributed by atoms with E-state index >= 15 is 0 Å². The molecule has 0 heterocycles. The first-order valence-electron chi connectivity index (χ1n) is 8.13. The Morgan fingerprint density at radius 3 is 2.21 bits per heavy atom. The highest BCUT2D eigenvalue weighted by Crippen LogP contribution is 2.22. The van der Waals surface area contributed by atoms with E-state index in [-0.39, 0.29) is 0 Å². The topological polar surface area (TPSA) is 0 Å². The van der Waals surface area contributed by atoms with E-state index in [0.717, 1.165) is 0 Å². The third-order valence-corrected chi connectivity index (χ3v) is 3.64. The highest BCUT2D eigenvalue weighted by atomic mass is 14.1. The first-order chi connectivity index (χ1) is 9.38. The maximum Gasteiger partial charge on any atom is -0.0228 e. The Bertz CT molecular complexity index is 334. The fourth-order valence-corrected chi connectivity index (χ4v) is 2.43. The second-order valence-corrected chi connectivity index (χ2v) is 5.40. The van der Waals surface area contributed by atoms with Gasteiger partial charge in [-0.25, -0.2) is 0 Å². The number of allylic oxidation sites excluding steroid dienone is 2. The summed E-state index contributed by atoms with van der Waals surface area (Å²) in [5.74, 6) is 0. The summed E-state index contributed by atoms with van der Waals surface area (Å²) in [6.45, 7) is 4.55. The molecule has 106 valence electrons. The first-order valence-corrected chi connectivity index (χ1v) is 8.13. The van der Waals surface area contributed by atoms with Gasteiger partial charge in [-0.2, -0.15) is 0 Å². The fraction of sp³-hybridized carbons (Fsp3) is 0.579. The predicted octanol–water partition coefficient (Wildman–Crippen LogP) is 6.62. The van der Waals surface area contributed by atoms with E-state index in [4.69, 9.17) is 0 Å². The van der Waals surface area contributed by atoms with Crippen molar-refractivity contribution in [1.82, 2.24) is 0 Å². The average molecular weight is 258 g/mol. The molecule has 0 nitrogen and oxygen atoms in total. The van der Waals surface area contributed by atoms with Crippen molar-refractivity contribution in [2.24, 2.45) is 0 Å². The molecule has 1 rings (SSSR count). The maximum atomic E-state index is 2.49. The molecule has 0 N–H and O–H groups in total. The van der Waals surface area contributed by atoms with Crippen molar-refractivity contribution < 1.29 is 0 Å². The van der Waals surface area contributed by atoms with Crippen molar-refractivity contribution in [2.45, 2.75) is 71.6 Å². The Morgan fingerprint density at radius 2 is 1.53 bits per heavy atom. The second-order valence-electron chi connectivity index (χ2n) is 5.40. The van der Waals surface area contributed by atoms with E-state index in [0.29, 0.717) is 0 Å². The van der Waals surface area contributed by atoms with Gasteiger partial charge >= 0.3 is 0 Å². The highest BCUT2D eigenvalue weighted by Gasteiger charge is 2.00. The summed E-state index contributed by atoms with van der Waals surface area (Å²) < 4.78 is 0. The molecule has 0 heteroatoms. The summed E-state index contributed by atoms with van der Waals surface area (Å²) >= 11 is 0. The third-order valence-electron chi connectivity index (χ3n) is 3.64. The van der Waals surface area contributed by atoms with E-state index < -0.39 is 0 Å². The summed E-state index contributed by atoms with van der Waals surface area (Å²) in [6, 6.07) is 10.9. The Balaban J connectivity index is 2.51. The number of benzene rings is 1. The fourth-order valence-electron chi connectivity index (χ4n) is 2.43. The molecule has 0 bridgehead atoms. The summed E-state index contributed by atoms with van der Waals surface area (Å²) in [6.07, 6.45) is 14.4. The van der Waals surface area contributed by atoms with Crippen LogP contribution in [0.4, 0.5) is 0 Å². The Morgan fingerprint density at radius 1 is 0.842 bits per heavy atom. The molecule has 0 saturated carbocycles. The minimum absolute atomic E-state index is 1.24. The Hall–Kier alpha value is -1.04. The molecule has 0 atom stereocenters. The molecular formula is C19H30. The van der Waals surface area contributed by atoms with Gasteiger partial charge in [0.15, 0.2) is 0 Å². The summed E-state index contributed by atoms with van der Waals surface area (Å²) in [5, 5.41) is 0. The molecule has 19 heavy (non-hydrogen) atoms. The van der Waals surface area contributed by atoms with Gasteiger partial charge in [0.2, 0.25) is 0 Å². The minimum Gasteiger partial charge on any atom is -0.0807 e. The number of hydrogen-bond donors (Lipinski definition) is 0. The van der Waals surface area contributed by atoms with E-state index in [2.05, 4.69) is 50.3 Å². The lowest BCUT2D eigenvalue weighted by Crippen LogP contribution is -1.86. The normalized spacial score (nSPS) is 11.8. The molecule has 1 aromatic carbocycles. The van der Waals surface area contributed by atoms with Gasteiger partial charge in [-0.05, 0) is 36.8 Å². The molecule has 0 fully saturated rings. The molecule has 1 aromatic rings. The van der Waals surface area contributed by atoms with Crippen LogP contribution in [0.15, 0.2) is 36.4 Å². The van der Waals surface area contributed by atoms with Crippen LogP contribution in [0.25, 0.3) is 5.57 Å². The van der Waals surface area contributed by atoms with Gasteiger partial charge in [0, 0.05) is 0 Å². The van der Waals surface area contributed by atoms with Crippen molar-refractivity contribution in [2.75, 3.05) is 0 Å². The third kappa shape index (κ3) is 7.20. The highest BCUT2D eigenvalue weighted by molar-refractivity contribution is 5.65. The minimum atomic E-state index is 1.24. The van der Waals surface area contributed by atoms with Gasteiger partial charge in [-0.3, -0.25) is 0 Å². The predicted molar refractivity (Wildman–Crippen MR) is 87.3 cm³/mol. The molecule has 0 spiro atoms. The monoisotopic (exact) mass is 258 g/mol. The van der Waals surface area contributed by atoms with Crippen molar-refractivity contribution in [3.8, 4) is 0 Å². The number of unbranched alkanes of at least 4 members (excludes halogenated alkanes) is 6. The van der Waals surface area contributed by atoms with Crippen LogP contribution in [0, 0.1) is 0 Å². The summed E-state index contributed by atoms with van der Waals surface area (Å²) in [4.78, 5) is 0. The van der Waals surface area contributed by atoms with Gasteiger partial charge < -0.3 is 0 Å². The van der Waals surface area contributed by atoms with Crippen LogP contribution < -0.4 is 0 Å². The second kappa shape index (κ2) is 10.8. The molecule has 0 amide bonds. The standard InChI is InChI=1S/C19H30/c1-3-5-7-8-11-15-18(14-10-6-4-2)19-16-12-9-13-17-19/h9,12-13,15-17H,3-8,10-11,14H2,1-2H3/b18-15+. The van der Waals surface area contributed by atoms with Crippen molar-refractivity contribution in [1.29, 1.82) is 0 Å². The largest absolute Gasteiger partial charge is 0.0807 e. The maximum absolute atomic E-state index is 2.49. The molecule has 0 aromatic heterocycles. The average Bonchev–Trinajstić information content (AvgIpc) is 2.46. The summed E-state index contributed by atoms with van der Waals surface area (Å²) in [5.41, 5.74) is 2.99. The zero-order chi connectivity index (χ0) is 13.8. The van der Waals surface area contributed by atoms with Gasteiger partial charge in [-0.15, -0.1) is 0 Å². The summed E-state index contributed by atoms with van der Waals surface area (Å²) in [7, 11) is 0. The van der Waals surface area contributed by atoms with Crippen molar-refractivity contribution in [3.63, 3.8) is 0 Å². The van der Waals surface area contributed by atoms with E-state index in [1.807, 2.05) is 0 Å². The van der Waals surface area contributed by atoms with Crippen LogP contribution in [0.2, 0.25) is 0 Å². The Kier molecular flexibility index (Phi) is 9.14. The van der Waals surface area contributed by atoms with Crippen LogP contribution in [0.1, 0.15) is 77.2 Å². The molecule has 0 unspecified atom stereocenters. The van der Waals surface area contributed by atoms with Crippen LogP contribution >= 0.6 is 0 Å². The molecular weight excluding hydrogens is 228 g/mol. The SMILES string of the molecule is CCCCCC/C=C(\CCCCC)c1ccccc1. The smallest absolute Gasteiger partial charge is 0.0228 e. The molecule has 0 radical (unpaired) electrons. The van der Waals surface area contributed by atoms with Crippen LogP contribution in [0.5, 0.6) is 0 Å². The molecule has 0 aliphatic carbocycles. The zero-order valence-corrected chi connectivity index (χ0v) is 12.8. The zero-order valence-electron chi connectivity index (χ0n) is 12.8. The van der Waals surface area contributed by atoms with Crippen molar-refractivity contribution in [3.05, 3.63) is 42.0 Å². The van der Waals surface area contributed by atoms with Gasteiger partial charge in [0.1, 0.15) is 0 Å². The Labute approximate surface area is 119 Å². The quantitative estimate of drug-likeness (QED) is 0.414. The lowest BCUT2D eigenvalue weighted by Gasteiger charge is -2.08. The van der Waals surface area contributed by atoms with Gasteiger partial charge in [0.25, 0.3) is 0 Å². The van der Waals surface area contributed by atoms with E-state index in [1.54, 1.807) is 5.57 Å². The van der Waals surface area contributed by atoms with E-state index in [1.165, 1.54) is 63.4 Å². The van der Waals surface area contributed by atoms with E-state index in [9.17, 15) is 0 Å². The lowest BCUT2D eigenvalue weighted by molar-refractivity contribution is 0.673. The number of rotatable bonds is 10. The number of hydrogen-bond acceptors (Lipinski definition) is 0.